The van der Waals surface area contributed by atoms with Gasteiger partial charge in [-0.25, -0.2) is 14.4 Å². The molecule has 0 saturated carbocycles. The van der Waals surface area contributed by atoms with Crippen molar-refractivity contribution in [1.29, 1.82) is 0 Å². The number of benzene rings is 1. The van der Waals surface area contributed by atoms with Crippen LogP contribution in [0.2, 0.25) is 5.02 Å². The molecule has 44 heavy (non-hydrogen) atoms. The number of esters is 1. The number of carbonyl (C=O) groups is 1. The van der Waals surface area contributed by atoms with E-state index >= 15 is 0 Å². The molecule has 2 aromatic heterocycles. The number of cyclic esters (lactones) is 1. The van der Waals surface area contributed by atoms with Crippen LogP contribution in [0.5, 0.6) is 0 Å². The molecule has 2 atom stereocenters. The van der Waals surface area contributed by atoms with Crippen molar-refractivity contribution in [3.63, 3.8) is 0 Å². The molecule has 0 aliphatic carbocycles. The average Bonchev–Trinajstić information content (AvgIpc) is 3.15. The summed E-state index contributed by atoms with van der Waals surface area (Å²) in [6.07, 6.45) is 2.99. The summed E-state index contributed by atoms with van der Waals surface area (Å²) in [6.45, 7) is 8.42. The Balaban J connectivity index is 1.40. The molecule has 4 heterocycles. The molecule has 0 radical (unpaired) electrons. The molecule has 2 aliphatic rings. The Morgan fingerprint density at radius 1 is 1.16 bits per heavy atom. The molecule has 14 heteroatoms. The first-order valence-corrected chi connectivity index (χ1v) is 15.0. The lowest BCUT2D eigenvalue weighted by atomic mass is 9.88. The number of carbonyl (C=O) groups excluding carboxylic acids is 1. The number of β-amino-alcohol motifs (C(OH)–C–C–N with tert-alkyl or cyclic N) is 1. The first-order chi connectivity index (χ1) is 20.9. The van der Waals surface area contributed by atoms with Crippen molar-refractivity contribution >= 4 is 40.7 Å². The number of aromatic nitrogens is 4. The molecule has 3 aromatic rings. The molecule has 0 bridgehead atoms. The van der Waals surface area contributed by atoms with E-state index in [4.69, 9.17) is 16.3 Å². The maximum absolute atomic E-state index is 14.8. The Morgan fingerprint density at radius 3 is 2.73 bits per heavy atom. The van der Waals surface area contributed by atoms with Crippen LogP contribution in [-0.2, 0) is 9.53 Å². The quantitative estimate of drug-likeness (QED) is 0.224. The van der Waals surface area contributed by atoms with E-state index in [9.17, 15) is 14.3 Å². The number of nitrogens with zero attached hydrogens (tertiary/aromatic N) is 7. The maximum Gasteiger partial charge on any atom is 0.313 e. The number of likely N-dealkylation sites (N-methyl/N-ethyl adjacent to an activating group) is 1. The Bertz CT molecular complexity index is 1500. The number of hydrogen-bond donors (Lipinski definition) is 3. The Kier molecular flexibility index (Phi) is 9.49. The van der Waals surface area contributed by atoms with Gasteiger partial charge in [0, 0.05) is 49.9 Å². The number of hydrogen-bond acceptors (Lipinski definition) is 12. The zero-order valence-electron chi connectivity index (χ0n) is 25.5. The lowest BCUT2D eigenvalue weighted by Gasteiger charge is -2.32. The Morgan fingerprint density at radius 2 is 1.95 bits per heavy atom. The molecule has 2 fully saturated rings. The highest BCUT2D eigenvalue weighted by atomic mass is 35.5. The smallest absolute Gasteiger partial charge is 0.313 e. The van der Waals surface area contributed by atoms with Crippen LogP contribution in [0.1, 0.15) is 26.7 Å². The molecular formula is C30H39ClFN9O3. The van der Waals surface area contributed by atoms with E-state index in [0.717, 1.165) is 32.6 Å². The van der Waals surface area contributed by atoms with Gasteiger partial charge in [-0.15, -0.1) is 10.2 Å². The summed E-state index contributed by atoms with van der Waals surface area (Å²) in [5, 5.41) is 26.7. The van der Waals surface area contributed by atoms with Crippen molar-refractivity contribution in [2.24, 2.45) is 5.41 Å². The lowest BCUT2D eigenvalue weighted by molar-refractivity contribution is -0.145. The Hall–Kier alpha value is -3.65. The monoisotopic (exact) mass is 627 g/mol. The second-order valence-corrected chi connectivity index (χ2v) is 12.6. The molecule has 2 unspecified atom stereocenters. The molecule has 236 valence electrons. The summed E-state index contributed by atoms with van der Waals surface area (Å²) < 4.78 is 20.0. The third kappa shape index (κ3) is 7.70. The highest BCUT2D eigenvalue weighted by Crippen LogP contribution is 2.35. The minimum absolute atomic E-state index is 0.189. The van der Waals surface area contributed by atoms with Crippen molar-refractivity contribution < 1.29 is 19.0 Å². The van der Waals surface area contributed by atoms with E-state index in [1.807, 2.05) is 11.8 Å². The number of ether oxygens (including phenoxy) is 1. The number of rotatable bonds is 10. The third-order valence-corrected chi connectivity index (χ3v) is 8.21. The van der Waals surface area contributed by atoms with Crippen molar-refractivity contribution in [3.05, 3.63) is 47.5 Å². The second kappa shape index (κ2) is 13.1. The fourth-order valence-corrected chi connectivity index (χ4v) is 5.78. The predicted octanol–water partition coefficient (Wildman–Crippen LogP) is 3.62. The van der Waals surface area contributed by atoms with Crippen LogP contribution in [0, 0.1) is 11.2 Å². The largest absolute Gasteiger partial charge is 0.465 e. The zero-order chi connectivity index (χ0) is 31.5. The normalized spacial score (nSPS) is 20.9. The van der Waals surface area contributed by atoms with Gasteiger partial charge in [-0.1, -0.05) is 11.6 Å². The first-order valence-electron chi connectivity index (χ1n) is 14.6. The molecule has 0 amide bonds. The fraction of sp³-hybridized carbons (Fsp3) is 0.500. The SMILES string of the molecule is CN1CCCN(CC(C)(O)Nc2cc(Nc3cc(-c4cc(Cl)ccc4F)nnc3N(C)CC3(C)CCOC3=O)ncn2)CC1. The molecule has 12 nitrogen and oxygen atoms in total. The predicted molar refractivity (Wildman–Crippen MR) is 168 cm³/mol. The van der Waals surface area contributed by atoms with Crippen LogP contribution in [0.15, 0.2) is 36.7 Å². The van der Waals surface area contributed by atoms with Gasteiger partial charge in [0.1, 0.15) is 29.5 Å². The van der Waals surface area contributed by atoms with Gasteiger partial charge in [-0.3, -0.25) is 9.69 Å². The van der Waals surface area contributed by atoms with Crippen LogP contribution in [-0.4, -0.2) is 107 Å². The van der Waals surface area contributed by atoms with Gasteiger partial charge < -0.3 is 30.3 Å². The number of halogens is 2. The van der Waals surface area contributed by atoms with E-state index in [0.29, 0.717) is 54.3 Å². The van der Waals surface area contributed by atoms with Crippen molar-refractivity contribution in [3.8, 4) is 11.3 Å². The molecule has 5 rings (SSSR count). The van der Waals surface area contributed by atoms with Gasteiger partial charge >= 0.3 is 5.97 Å². The first kappa shape index (κ1) is 31.8. The minimum atomic E-state index is -1.25. The van der Waals surface area contributed by atoms with Crippen LogP contribution in [0.3, 0.4) is 0 Å². The average molecular weight is 628 g/mol. The van der Waals surface area contributed by atoms with Crippen LogP contribution in [0.25, 0.3) is 11.3 Å². The third-order valence-electron chi connectivity index (χ3n) is 7.98. The molecule has 0 spiro atoms. The molecular weight excluding hydrogens is 589 g/mol. The van der Waals surface area contributed by atoms with E-state index in [-0.39, 0.29) is 17.2 Å². The van der Waals surface area contributed by atoms with Crippen LogP contribution < -0.4 is 15.5 Å². The standard InChI is InChI=1S/C30H39ClFN9O3/c1-29(8-13-44-28(29)42)17-40(4)27-24(15-23(37-38-27)21-14-20(31)6-7-22(21)32)35-25-16-26(34-19-33-25)36-30(2,43)18-41-10-5-9-39(3)11-12-41/h6-7,14-16,19,43H,5,8-13,17-18H2,1-4H3,(H2,33,34,35,36,37). The highest BCUT2D eigenvalue weighted by Gasteiger charge is 2.41. The van der Waals surface area contributed by atoms with Gasteiger partial charge in [0.15, 0.2) is 5.82 Å². The van der Waals surface area contributed by atoms with Gasteiger partial charge in [0.05, 0.1) is 23.4 Å². The molecule has 1 aromatic carbocycles. The number of anilines is 4. The van der Waals surface area contributed by atoms with Crippen LogP contribution in [0.4, 0.5) is 27.5 Å². The van der Waals surface area contributed by atoms with Crippen LogP contribution >= 0.6 is 11.6 Å². The van der Waals surface area contributed by atoms with Crippen molar-refractivity contribution in [2.45, 2.75) is 32.4 Å². The summed E-state index contributed by atoms with van der Waals surface area (Å²) in [4.78, 5) is 27.5. The maximum atomic E-state index is 14.8. The number of aliphatic hydroxyl groups is 1. The minimum Gasteiger partial charge on any atom is -0.465 e. The van der Waals surface area contributed by atoms with Gasteiger partial charge in [0.25, 0.3) is 0 Å². The molecule has 3 N–H and O–H groups in total. The lowest BCUT2D eigenvalue weighted by Crippen LogP contribution is -2.47. The Labute approximate surface area is 261 Å². The van der Waals surface area contributed by atoms with Crippen molar-refractivity contribution in [1.82, 2.24) is 30.0 Å². The topological polar surface area (TPSA) is 132 Å². The zero-order valence-corrected chi connectivity index (χ0v) is 26.2. The summed E-state index contributed by atoms with van der Waals surface area (Å²) in [7, 11) is 3.91. The summed E-state index contributed by atoms with van der Waals surface area (Å²) in [5.41, 5.74) is -1.05. The van der Waals surface area contributed by atoms with Gasteiger partial charge in [-0.05, 0) is 71.1 Å². The van der Waals surface area contributed by atoms with Gasteiger partial charge in [0.2, 0.25) is 0 Å². The van der Waals surface area contributed by atoms with Crippen molar-refractivity contribution in [2.75, 3.05) is 75.5 Å². The van der Waals surface area contributed by atoms with E-state index in [1.54, 1.807) is 26.1 Å². The van der Waals surface area contributed by atoms with E-state index in [2.05, 4.69) is 47.6 Å². The summed E-state index contributed by atoms with van der Waals surface area (Å²) >= 11 is 6.16. The van der Waals surface area contributed by atoms with Gasteiger partial charge in [-0.2, -0.15) is 0 Å². The van der Waals surface area contributed by atoms with E-state index < -0.39 is 17.0 Å². The fourth-order valence-electron chi connectivity index (χ4n) is 5.61. The summed E-state index contributed by atoms with van der Waals surface area (Å²) in [6, 6.07) is 7.55. The number of nitrogens with one attached hydrogen (secondary N) is 2. The highest BCUT2D eigenvalue weighted by molar-refractivity contribution is 6.30. The summed E-state index contributed by atoms with van der Waals surface area (Å²) in [5.74, 6) is 0.474. The van der Waals surface area contributed by atoms with E-state index in [1.165, 1.54) is 24.5 Å². The second-order valence-electron chi connectivity index (χ2n) is 12.1. The molecule has 2 saturated heterocycles. The molecule has 2 aliphatic heterocycles.